The summed E-state index contributed by atoms with van der Waals surface area (Å²) in [7, 11) is 0. The Morgan fingerprint density at radius 2 is 2.58 bits per heavy atom. The van der Waals surface area contributed by atoms with Crippen LogP contribution < -0.4 is 0 Å². The zero-order chi connectivity index (χ0) is 7.84. The van der Waals surface area contributed by atoms with Crippen molar-refractivity contribution in [2.24, 2.45) is 4.99 Å². The summed E-state index contributed by atoms with van der Waals surface area (Å²) in [6, 6.07) is -0.567. The summed E-state index contributed by atoms with van der Waals surface area (Å²) >= 11 is 1.47. The van der Waals surface area contributed by atoms with Crippen molar-refractivity contribution >= 4 is 35.3 Å². The van der Waals surface area contributed by atoms with E-state index < -0.39 is 12.0 Å². The molecule has 0 aromatic carbocycles. The smallest absolute Gasteiger partial charge is 0.330 e. The molecule has 0 amide bonds. The topological polar surface area (TPSA) is 52.9 Å². The van der Waals surface area contributed by atoms with Crippen molar-refractivity contribution in [3.63, 3.8) is 0 Å². The van der Waals surface area contributed by atoms with Crippen LogP contribution in [0.4, 0.5) is 0 Å². The number of halogens is 1. The van der Waals surface area contributed by atoms with E-state index in [1.54, 1.807) is 0 Å². The first-order valence-electron chi connectivity index (χ1n) is 3.18. The predicted octanol–water partition coefficient (Wildman–Crippen LogP) is 0.751. The van der Waals surface area contributed by atoms with E-state index in [9.17, 15) is 4.79 Å². The van der Waals surface area contributed by atoms with Gasteiger partial charge in [-0.1, -0.05) is 11.8 Å². The molecule has 0 saturated heterocycles. The van der Waals surface area contributed by atoms with E-state index in [0.717, 1.165) is 5.17 Å². The molecule has 66 valence electrons. The van der Waals surface area contributed by atoms with Crippen molar-refractivity contribution in [1.29, 1.82) is 0 Å². The van der Waals surface area contributed by atoms with E-state index in [2.05, 4.69) is 4.99 Å². The Hall–Kier alpha value is -0.680. The monoisotopic (exact) mass is 206 g/mol. The quantitative estimate of drug-likeness (QED) is 0.688. The predicted molar refractivity (Wildman–Crippen MR) is 49.5 cm³/mol. The molecule has 0 saturated carbocycles. The fraction of sp³-hybridized carbons (Fsp3) is 0.333. The molecule has 0 radical (unpaired) electrons. The summed E-state index contributed by atoms with van der Waals surface area (Å²) in [6.45, 7) is 0.480. The van der Waals surface area contributed by atoms with Crippen LogP contribution >= 0.6 is 24.2 Å². The normalized spacial score (nSPS) is 24.8. The van der Waals surface area contributed by atoms with Gasteiger partial charge in [0, 0.05) is 6.20 Å². The highest BCUT2D eigenvalue weighted by molar-refractivity contribution is 8.16. The molecule has 2 aliphatic rings. The minimum atomic E-state index is -0.846. The molecule has 1 unspecified atom stereocenters. The molecule has 2 heterocycles. The summed E-state index contributed by atoms with van der Waals surface area (Å²) in [6.07, 6.45) is 1.85. The number of amidine groups is 1. The third kappa shape index (κ3) is 1.42. The van der Waals surface area contributed by atoms with Gasteiger partial charge in [0.25, 0.3) is 0 Å². The number of nitrogens with zero attached hydrogens (tertiary/aromatic N) is 2. The number of carboxylic acid groups (broad SMARTS) is 1. The maximum Gasteiger partial charge on any atom is 0.330 e. The van der Waals surface area contributed by atoms with E-state index >= 15 is 0 Å². The van der Waals surface area contributed by atoms with Gasteiger partial charge in [0.05, 0.1) is 6.54 Å². The highest BCUT2D eigenvalue weighted by atomic mass is 35.5. The van der Waals surface area contributed by atoms with Crippen LogP contribution in [0, 0.1) is 0 Å². The van der Waals surface area contributed by atoms with E-state index in [0.29, 0.717) is 6.54 Å². The second-order valence-corrected chi connectivity index (χ2v) is 3.19. The molecule has 0 fully saturated rings. The second-order valence-electron chi connectivity index (χ2n) is 2.32. The zero-order valence-electron chi connectivity index (χ0n) is 6.01. The van der Waals surface area contributed by atoms with Gasteiger partial charge in [-0.05, 0) is 5.41 Å². The van der Waals surface area contributed by atoms with Gasteiger partial charge in [-0.15, -0.1) is 12.4 Å². The number of aliphatic imine (C=N–C) groups is 1. The van der Waals surface area contributed by atoms with E-state index in [1.807, 2.05) is 16.5 Å². The van der Waals surface area contributed by atoms with Crippen LogP contribution in [0.1, 0.15) is 0 Å². The summed E-state index contributed by atoms with van der Waals surface area (Å²) in [5, 5.41) is 11.3. The number of aliphatic carboxylic acids is 1. The first kappa shape index (κ1) is 9.41. The molecule has 0 aromatic rings. The average molecular weight is 207 g/mol. The largest absolute Gasteiger partial charge is 0.480 e. The number of rotatable bonds is 1. The lowest BCUT2D eigenvalue weighted by Crippen LogP contribution is -2.25. The lowest BCUT2D eigenvalue weighted by molar-refractivity contribution is -0.138. The minimum Gasteiger partial charge on any atom is -0.480 e. The van der Waals surface area contributed by atoms with Crippen LogP contribution in [0.3, 0.4) is 0 Å². The van der Waals surface area contributed by atoms with E-state index in [1.165, 1.54) is 11.8 Å². The van der Waals surface area contributed by atoms with Crippen LogP contribution in [0.25, 0.3) is 0 Å². The second kappa shape index (κ2) is 3.37. The molecule has 2 aliphatic heterocycles. The maximum atomic E-state index is 10.5. The van der Waals surface area contributed by atoms with Gasteiger partial charge < -0.3 is 10.0 Å². The Labute approximate surface area is 79.7 Å². The van der Waals surface area contributed by atoms with Crippen molar-refractivity contribution < 1.29 is 9.90 Å². The van der Waals surface area contributed by atoms with Crippen molar-refractivity contribution in [2.45, 2.75) is 6.04 Å². The molecular formula is C6H7ClN2O2S. The molecule has 0 bridgehead atoms. The van der Waals surface area contributed by atoms with Crippen molar-refractivity contribution in [2.75, 3.05) is 6.54 Å². The van der Waals surface area contributed by atoms with Gasteiger partial charge in [0.2, 0.25) is 0 Å². The SMILES string of the molecule is Cl.O=C(O)C1CN2C=CSC2=N1. The van der Waals surface area contributed by atoms with Crippen LogP contribution in [-0.4, -0.2) is 33.7 Å². The summed E-state index contributed by atoms with van der Waals surface area (Å²) in [5.74, 6) is -0.846. The van der Waals surface area contributed by atoms with Gasteiger partial charge in [-0.2, -0.15) is 0 Å². The number of hydrogen-bond donors (Lipinski definition) is 1. The molecule has 2 rings (SSSR count). The molecule has 6 heteroatoms. The lowest BCUT2D eigenvalue weighted by Gasteiger charge is -2.06. The molecule has 12 heavy (non-hydrogen) atoms. The highest BCUT2D eigenvalue weighted by Gasteiger charge is 2.30. The van der Waals surface area contributed by atoms with Crippen molar-refractivity contribution in [3.8, 4) is 0 Å². The van der Waals surface area contributed by atoms with Crippen molar-refractivity contribution in [1.82, 2.24) is 4.90 Å². The highest BCUT2D eigenvalue weighted by Crippen LogP contribution is 2.25. The molecule has 0 aromatic heterocycles. The van der Waals surface area contributed by atoms with Gasteiger partial charge in [-0.3, -0.25) is 0 Å². The average Bonchev–Trinajstić information content (AvgIpc) is 2.40. The Balaban J connectivity index is 0.000000720. The fourth-order valence-electron chi connectivity index (χ4n) is 1.03. The van der Waals surface area contributed by atoms with E-state index in [-0.39, 0.29) is 12.4 Å². The number of carboxylic acids is 1. The first-order valence-corrected chi connectivity index (χ1v) is 4.06. The first-order chi connectivity index (χ1) is 5.27. The summed E-state index contributed by atoms with van der Waals surface area (Å²) < 4.78 is 0. The standard InChI is InChI=1S/C6H6N2O2S.ClH/c9-5(10)4-3-8-1-2-11-6(8)7-4;/h1-2,4H,3H2,(H,9,10);1H. The third-order valence-electron chi connectivity index (χ3n) is 1.58. The van der Waals surface area contributed by atoms with Crippen LogP contribution in [0.15, 0.2) is 16.6 Å². The van der Waals surface area contributed by atoms with Crippen LogP contribution in [0.2, 0.25) is 0 Å². The summed E-state index contributed by atoms with van der Waals surface area (Å²) in [5.41, 5.74) is 0. The number of carbonyl (C=O) groups is 1. The Morgan fingerprint density at radius 3 is 3.17 bits per heavy atom. The maximum absolute atomic E-state index is 10.5. The third-order valence-corrected chi connectivity index (χ3v) is 2.39. The number of thioether (sulfide) groups is 1. The summed E-state index contributed by atoms with van der Waals surface area (Å²) in [4.78, 5) is 16.3. The van der Waals surface area contributed by atoms with Crippen LogP contribution in [0.5, 0.6) is 0 Å². The Morgan fingerprint density at radius 1 is 1.83 bits per heavy atom. The molecule has 1 atom stereocenters. The molecule has 4 nitrogen and oxygen atoms in total. The van der Waals surface area contributed by atoms with Gasteiger partial charge >= 0.3 is 5.97 Å². The number of hydrogen-bond acceptors (Lipinski definition) is 4. The Bertz CT molecular complexity index is 266. The molecule has 1 N–H and O–H groups in total. The molecular weight excluding hydrogens is 200 g/mol. The zero-order valence-corrected chi connectivity index (χ0v) is 7.64. The fourth-order valence-corrected chi connectivity index (χ4v) is 1.82. The van der Waals surface area contributed by atoms with Gasteiger partial charge in [-0.25, -0.2) is 9.79 Å². The van der Waals surface area contributed by atoms with E-state index in [4.69, 9.17) is 5.11 Å². The molecule has 0 aliphatic carbocycles. The molecule has 0 spiro atoms. The minimum absolute atomic E-state index is 0. The number of fused-ring (bicyclic) bond motifs is 1. The van der Waals surface area contributed by atoms with Crippen molar-refractivity contribution in [3.05, 3.63) is 11.6 Å². The van der Waals surface area contributed by atoms with Crippen LogP contribution in [-0.2, 0) is 4.79 Å². The van der Waals surface area contributed by atoms with Gasteiger partial charge in [0.15, 0.2) is 11.2 Å². The van der Waals surface area contributed by atoms with Gasteiger partial charge in [0.1, 0.15) is 0 Å². The Kier molecular flexibility index (Phi) is 2.64. The lowest BCUT2D eigenvalue weighted by atomic mass is 10.3.